The Morgan fingerprint density at radius 3 is 2.70 bits per heavy atom. The summed E-state index contributed by atoms with van der Waals surface area (Å²) in [6.07, 6.45) is 5.81. The van der Waals surface area contributed by atoms with Gasteiger partial charge in [0, 0.05) is 58.1 Å². The Hall–Kier alpha value is -1.82. The van der Waals surface area contributed by atoms with Gasteiger partial charge in [0.2, 0.25) is 0 Å². The van der Waals surface area contributed by atoms with E-state index in [9.17, 15) is 0 Å². The lowest BCUT2D eigenvalue weighted by molar-refractivity contribution is 0.265. The first-order chi connectivity index (χ1) is 13.1. The second-order valence-electron chi connectivity index (χ2n) is 8.27. The summed E-state index contributed by atoms with van der Waals surface area (Å²) >= 11 is 0. The van der Waals surface area contributed by atoms with Crippen LogP contribution in [0.25, 0.3) is 0 Å². The molecule has 1 aromatic rings. The highest BCUT2D eigenvalue weighted by molar-refractivity contribution is 5.80. The summed E-state index contributed by atoms with van der Waals surface area (Å²) in [6.45, 7) is 12.1. The van der Waals surface area contributed by atoms with Crippen LogP contribution in [0.15, 0.2) is 23.3 Å². The monoisotopic (exact) mass is 372 g/mol. The van der Waals surface area contributed by atoms with Crippen molar-refractivity contribution in [2.45, 2.75) is 58.7 Å². The van der Waals surface area contributed by atoms with Gasteiger partial charge in [0.1, 0.15) is 5.82 Å². The SMILES string of the molecule is CN=C(NCc1ccnc(N2CCCCC2)c1)NC1CN(C(C)C)CC1C. The van der Waals surface area contributed by atoms with E-state index in [0.29, 0.717) is 18.0 Å². The lowest BCUT2D eigenvalue weighted by Crippen LogP contribution is -2.46. The molecule has 0 aliphatic carbocycles. The number of hydrogen-bond acceptors (Lipinski definition) is 4. The average Bonchev–Trinajstić information content (AvgIpc) is 3.07. The summed E-state index contributed by atoms with van der Waals surface area (Å²) in [5, 5.41) is 7.10. The molecule has 2 saturated heterocycles. The maximum absolute atomic E-state index is 4.58. The first kappa shape index (κ1) is 19.9. The van der Waals surface area contributed by atoms with Crippen molar-refractivity contribution in [1.29, 1.82) is 0 Å². The molecule has 1 aromatic heterocycles. The number of likely N-dealkylation sites (tertiary alicyclic amines) is 1. The lowest BCUT2D eigenvalue weighted by Gasteiger charge is -2.28. The molecular weight excluding hydrogens is 336 g/mol. The third kappa shape index (κ3) is 5.34. The van der Waals surface area contributed by atoms with Gasteiger partial charge in [0.05, 0.1) is 0 Å². The van der Waals surface area contributed by atoms with E-state index >= 15 is 0 Å². The first-order valence-electron chi connectivity index (χ1n) is 10.5. The largest absolute Gasteiger partial charge is 0.357 e. The van der Waals surface area contributed by atoms with Crippen LogP contribution < -0.4 is 15.5 Å². The van der Waals surface area contributed by atoms with Gasteiger partial charge in [-0.3, -0.25) is 9.89 Å². The first-order valence-corrected chi connectivity index (χ1v) is 10.5. The van der Waals surface area contributed by atoms with Gasteiger partial charge in [0.25, 0.3) is 0 Å². The summed E-state index contributed by atoms with van der Waals surface area (Å²) in [6, 6.07) is 5.34. The van der Waals surface area contributed by atoms with Crippen molar-refractivity contribution in [1.82, 2.24) is 20.5 Å². The number of anilines is 1. The molecule has 0 saturated carbocycles. The van der Waals surface area contributed by atoms with Gasteiger partial charge in [-0.2, -0.15) is 0 Å². The number of hydrogen-bond donors (Lipinski definition) is 2. The summed E-state index contributed by atoms with van der Waals surface area (Å²) in [5.74, 6) is 2.61. The number of nitrogens with zero attached hydrogens (tertiary/aromatic N) is 4. The molecule has 27 heavy (non-hydrogen) atoms. The molecule has 2 fully saturated rings. The highest BCUT2D eigenvalue weighted by Gasteiger charge is 2.31. The minimum Gasteiger partial charge on any atom is -0.357 e. The molecule has 2 unspecified atom stereocenters. The zero-order chi connectivity index (χ0) is 19.2. The topological polar surface area (TPSA) is 55.8 Å². The smallest absolute Gasteiger partial charge is 0.191 e. The van der Waals surface area contributed by atoms with Crippen LogP contribution >= 0.6 is 0 Å². The molecule has 3 heterocycles. The number of piperidine rings is 1. The van der Waals surface area contributed by atoms with Gasteiger partial charge < -0.3 is 15.5 Å². The maximum Gasteiger partial charge on any atom is 0.191 e. The number of aliphatic imine (C=N–C) groups is 1. The van der Waals surface area contributed by atoms with Crippen LogP contribution in [0.2, 0.25) is 0 Å². The second-order valence-corrected chi connectivity index (χ2v) is 8.27. The van der Waals surface area contributed by atoms with Crippen LogP contribution in [0.3, 0.4) is 0 Å². The Kier molecular flexibility index (Phi) is 6.94. The standard InChI is InChI=1S/C21H36N6/c1-16(2)27-14-17(3)19(15-27)25-21(22-4)24-13-18-8-9-23-20(12-18)26-10-6-5-7-11-26/h8-9,12,16-17,19H,5-7,10-11,13-15H2,1-4H3,(H2,22,24,25). The zero-order valence-corrected chi connectivity index (χ0v) is 17.4. The Bertz CT molecular complexity index is 623. The normalized spacial score (nSPS) is 24.5. The molecule has 0 radical (unpaired) electrons. The van der Waals surface area contributed by atoms with Crippen LogP contribution in [0, 0.1) is 5.92 Å². The fraction of sp³-hybridized carbons (Fsp3) is 0.714. The van der Waals surface area contributed by atoms with E-state index in [2.05, 4.69) is 63.3 Å². The van der Waals surface area contributed by atoms with Crippen LogP contribution in [0.4, 0.5) is 5.82 Å². The minimum atomic E-state index is 0.444. The molecule has 6 heteroatoms. The summed E-state index contributed by atoms with van der Waals surface area (Å²) in [4.78, 5) is 13.9. The summed E-state index contributed by atoms with van der Waals surface area (Å²) in [5.41, 5.74) is 1.25. The molecule has 2 N–H and O–H groups in total. The number of rotatable bonds is 5. The van der Waals surface area contributed by atoms with Crippen LogP contribution in [0.5, 0.6) is 0 Å². The van der Waals surface area contributed by atoms with Gasteiger partial charge in [-0.05, 0) is 56.7 Å². The van der Waals surface area contributed by atoms with Crippen molar-refractivity contribution < 1.29 is 0 Å². The van der Waals surface area contributed by atoms with Crippen molar-refractivity contribution in [2.24, 2.45) is 10.9 Å². The predicted octanol–water partition coefficient (Wildman–Crippen LogP) is 2.47. The van der Waals surface area contributed by atoms with Gasteiger partial charge in [0.15, 0.2) is 5.96 Å². The minimum absolute atomic E-state index is 0.444. The number of aromatic nitrogens is 1. The summed E-state index contributed by atoms with van der Waals surface area (Å²) < 4.78 is 0. The number of guanidine groups is 1. The van der Waals surface area contributed by atoms with E-state index in [4.69, 9.17) is 0 Å². The van der Waals surface area contributed by atoms with Crippen molar-refractivity contribution in [2.75, 3.05) is 38.1 Å². The fourth-order valence-electron chi connectivity index (χ4n) is 4.04. The molecule has 0 bridgehead atoms. The van der Waals surface area contributed by atoms with Gasteiger partial charge in [-0.25, -0.2) is 4.98 Å². The van der Waals surface area contributed by atoms with Gasteiger partial charge in [-0.1, -0.05) is 6.92 Å². The highest BCUT2D eigenvalue weighted by atomic mass is 15.3. The lowest BCUT2D eigenvalue weighted by atomic mass is 10.1. The Labute approximate surface area is 164 Å². The quantitative estimate of drug-likeness (QED) is 0.614. The van der Waals surface area contributed by atoms with E-state index in [1.54, 1.807) is 0 Å². The van der Waals surface area contributed by atoms with E-state index in [-0.39, 0.29) is 0 Å². The van der Waals surface area contributed by atoms with Crippen molar-refractivity contribution >= 4 is 11.8 Å². The molecule has 6 nitrogen and oxygen atoms in total. The van der Waals surface area contributed by atoms with Crippen LogP contribution in [-0.2, 0) is 6.54 Å². The molecule has 2 atom stereocenters. The van der Waals surface area contributed by atoms with Gasteiger partial charge >= 0.3 is 0 Å². The van der Waals surface area contributed by atoms with Crippen molar-refractivity contribution in [3.63, 3.8) is 0 Å². The number of nitrogens with one attached hydrogen (secondary N) is 2. The van der Waals surface area contributed by atoms with Crippen LogP contribution in [0.1, 0.15) is 45.6 Å². The highest BCUT2D eigenvalue weighted by Crippen LogP contribution is 2.19. The zero-order valence-electron chi connectivity index (χ0n) is 17.4. The predicted molar refractivity (Wildman–Crippen MR) is 113 cm³/mol. The molecule has 3 rings (SSSR count). The van der Waals surface area contributed by atoms with Crippen LogP contribution in [-0.4, -0.2) is 61.2 Å². The Morgan fingerprint density at radius 1 is 1.26 bits per heavy atom. The molecule has 0 amide bonds. The van der Waals surface area contributed by atoms with Crippen molar-refractivity contribution in [3.8, 4) is 0 Å². The van der Waals surface area contributed by atoms with E-state index in [1.807, 2.05) is 13.2 Å². The fourth-order valence-corrected chi connectivity index (χ4v) is 4.04. The Morgan fingerprint density at radius 2 is 2.04 bits per heavy atom. The molecule has 0 aromatic carbocycles. The molecule has 0 spiro atoms. The second kappa shape index (κ2) is 9.40. The van der Waals surface area contributed by atoms with Gasteiger partial charge in [-0.15, -0.1) is 0 Å². The average molecular weight is 373 g/mol. The molecule has 2 aliphatic heterocycles. The third-order valence-corrected chi connectivity index (χ3v) is 5.87. The number of pyridine rings is 1. The Balaban J connectivity index is 1.54. The van der Waals surface area contributed by atoms with E-state index in [0.717, 1.165) is 44.5 Å². The third-order valence-electron chi connectivity index (χ3n) is 5.87. The molecule has 2 aliphatic rings. The van der Waals surface area contributed by atoms with E-state index < -0.39 is 0 Å². The van der Waals surface area contributed by atoms with Crippen molar-refractivity contribution in [3.05, 3.63) is 23.9 Å². The summed E-state index contributed by atoms with van der Waals surface area (Å²) in [7, 11) is 1.85. The molecular formula is C21H36N6. The maximum atomic E-state index is 4.58. The molecule has 150 valence electrons. The van der Waals surface area contributed by atoms with E-state index in [1.165, 1.54) is 24.8 Å².